The van der Waals surface area contributed by atoms with E-state index in [4.69, 9.17) is 4.74 Å². The predicted molar refractivity (Wildman–Crippen MR) is 70.0 cm³/mol. The molecule has 0 amide bonds. The maximum absolute atomic E-state index is 5.68. The van der Waals surface area contributed by atoms with Crippen molar-refractivity contribution in [3.05, 3.63) is 29.9 Å². The summed E-state index contributed by atoms with van der Waals surface area (Å²) in [5.74, 6) is 1.05. The molecule has 0 saturated heterocycles. The molecule has 0 aromatic heterocycles. The van der Waals surface area contributed by atoms with Gasteiger partial charge in [0.15, 0.2) is 0 Å². The molecule has 0 spiro atoms. The third kappa shape index (κ3) is 3.70. The molecule has 0 aromatic carbocycles. The van der Waals surface area contributed by atoms with Gasteiger partial charge in [-0.2, -0.15) is 0 Å². The second-order valence-corrected chi connectivity index (χ2v) is 5.11. The summed E-state index contributed by atoms with van der Waals surface area (Å²) in [5, 5.41) is 0. The van der Waals surface area contributed by atoms with Crippen molar-refractivity contribution in [3.8, 4) is 0 Å². The lowest BCUT2D eigenvalue weighted by Crippen LogP contribution is -2.15. The fraction of sp³-hybridized carbons (Fsp3) is 0.667. The topological polar surface area (TPSA) is 9.23 Å². The minimum atomic E-state index is 0.321. The average Bonchev–Trinajstić information content (AvgIpc) is 2.30. The molecule has 0 bridgehead atoms. The maximum atomic E-state index is 5.68. The summed E-state index contributed by atoms with van der Waals surface area (Å²) in [7, 11) is 0. The van der Waals surface area contributed by atoms with Crippen LogP contribution in [-0.4, -0.2) is 6.61 Å². The molecular weight excluding hydrogens is 196 g/mol. The van der Waals surface area contributed by atoms with Crippen LogP contribution in [-0.2, 0) is 4.74 Å². The van der Waals surface area contributed by atoms with Gasteiger partial charge in [0.2, 0.25) is 0 Å². The molecule has 0 fully saturated rings. The minimum Gasteiger partial charge on any atom is -0.498 e. The van der Waals surface area contributed by atoms with Gasteiger partial charge in [-0.05, 0) is 30.8 Å². The van der Waals surface area contributed by atoms with E-state index < -0.39 is 0 Å². The third-order valence-corrected chi connectivity index (χ3v) is 3.49. The Labute approximate surface area is 101 Å². The average molecular weight is 221 g/mol. The van der Waals surface area contributed by atoms with E-state index in [1.165, 1.54) is 18.4 Å². The van der Waals surface area contributed by atoms with Crippen LogP contribution in [0.5, 0.6) is 0 Å². The van der Waals surface area contributed by atoms with Crippen LogP contribution >= 0.6 is 0 Å². The summed E-state index contributed by atoms with van der Waals surface area (Å²) in [4.78, 5) is 0. The number of unbranched alkanes of at least 4 members (excludes halogenated alkanes) is 1. The highest BCUT2D eigenvalue weighted by molar-refractivity contribution is 5.30. The van der Waals surface area contributed by atoms with E-state index in [0.29, 0.717) is 5.41 Å². The monoisotopic (exact) mass is 221 g/mol. The van der Waals surface area contributed by atoms with Gasteiger partial charge in [0, 0.05) is 6.42 Å². The lowest BCUT2D eigenvalue weighted by atomic mass is 9.78. The second-order valence-electron chi connectivity index (χ2n) is 5.11. The van der Waals surface area contributed by atoms with Crippen molar-refractivity contribution in [2.45, 2.75) is 53.4 Å². The van der Waals surface area contributed by atoms with E-state index in [9.17, 15) is 0 Å². The van der Waals surface area contributed by atoms with Crippen molar-refractivity contribution >= 4 is 0 Å². The first-order chi connectivity index (χ1) is 7.60. The smallest absolute Gasteiger partial charge is 0.100 e. The van der Waals surface area contributed by atoms with E-state index >= 15 is 0 Å². The predicted octanol–water partition coefficient (Wildman–Crippen LogP) is 4.66. The van der Waals surface area contributed by atoms with Gasteiger partial charge >= 0.3 is 0 Å². The summed E-state index contributed by atoms with van der Waals surface area (Å²) in [5.41, 5.74) is 1.83. The van der Waals surface area contributed by atoms with Crippen molar-refractivity contribution in [2.24, 2.45) is 5.41 Å². The van der Waals surface area contributed by atoms with Crippen LogP contribution < -0.4 is 0 Å². The fourth-order valence-electron chi connectivity index (χ4n) is 1.70. The first kappa shape index (κ1) is 13.3. The molecule has 1 radical (unpaired) electrons. The summed E-state index contributed by atoms with van der Waals surface area (Å²) in [6, 6.07) is 0. The molecule has 0 aliphatic heterocycles. The van der Waals surface area contributed by atoms with Crippen molar-refractivity contribution in [3.63, 3.8) is 0 Å². The molecule has 0 unspecified atom stereocenters. The normalized spacial score (nSPS) is 16.8. The first-order valence-electron chi connectivity index (χ1n) is 6.47. The van der Waals surface area contributed by atoms with E-state index in [2.05, 4.69) is 46.3 Å². The molecule has 1 nitrogen and oxygen atoms in total. The van der Waals surface area contributed by atoms with Crippen LogP contribution in [0.15, 0.2) is 23.5 Å². The van der Waals surface area contributed by atoms with Gasteiger partial charge in [-0.1, -0.05) is 45.8 Å². The van der Waals surface area contributed by atoms with Gasteiger partial charge in [-0.3, -0.25) is 0 Å². The molecule has 1 heteroatoms. The Balaban J connectivity index is 2.51. The maximum Gasteiger partial charge on any atom is 0.100 e. The standard InChI is InChI=1S/C15H25O/c1-5-7-12-16-14-10-8-13(9-11-14)15(3,4)6-2/h8,10-11H,5-7,9,12H2,1-4H3. The van der Waals surface area contributed by atoms with Gasteiger partial charge in [0.05, 0.1) is 6.61 Å². The molecule has 16 heavy (non-hydrogen) atoms. The van der Waals surface area contributed by atoms with Crippen LogP contribution in [0.1, 0.15) is 53.4 Å². The van der Waals surface area contributed by atoms with Gasteiger partial charge in [-0.15, -0.1) is 0 Å². The largest absolute Gasteiger partial charge is 0.498 e. The highest BCUT2D eigenvalue weighted by atomic mass is 16.5. The summed E-state index contributed by atoms with van der Waals surface area (Å²) in [6.45, 7) is 9.90. The van der Waals surface area contributed by atoms with E-state index in [-0.39, 0.29) is 0 Å². The Morgan fingerprint density at radius 1 is 1.25 bits per heavy atom. The van der Waals surface area contributed by atoms with Crippen LogP contribution in [0.4, 0.5) is 0 Å². The van der Waals surface area contributed by atoms with Gasteiger partial charge < -0.3 is 4.74 Å². The lowest BCUT2D eigenvalue weighted by molar-refractivity contribution is 0.211. The fourth-order valence-corrected chi connectivity index (χ4v) is 1.70. The minimum absolute atomic E-state index is 0.321. The highest BCUT2D eigenvalue weighted by Crippen LogP contribution is 2.35. The SMILES string of the molecule is CCCCOC1=CC=C(C(C)(C)CC)C[CH]1. The highest BCUT2D eigenvalue weighted by Gasteiger charge is 2.22. The first-order valence-corrected chi connectivity index (χ1v) is 6.47. The molecule has 0 N–H and O–H groups in total. The lowest BCUT2D eigenvalue weighted by Gasteiger charge is -2.28. The Morgan fingerprint density at radius 2 is 2.00 bits per heavy atom. The van der Waals surface area contributed by atoms with Crippen molar-refractivity contribution < 1.29 is 4.74 Å². The molecule has 0 aromatic rings. The van der Waals surface area contributed by atoms with Crippen molar-refractivity contribution in [1.82, 2.24) is 0 Å². The molecule has 0 heterocycles. The number of rotatable bonds is 6. The second kappa shape index (κ2) is 6.12. The number of hydrogen-bond donors (Lipinski definition) is 0. The molecule has 0 saturated carbocycles. The summed E-state index contributed by atoms with van der Waals surface area (Å²) >= 11 is 0. The molecule has 91 valence electrons. The zero-order valence-corrected chi connectivity index (χ0v) is 11.2. The zero-order chi connectivity index (χ0) is 12.0. The molecule has 1 aliphatic rings. The number of ether oxygens (including phenoxy) is 1. The molecular formula is C15H25O. The molecule has 1 rings (SSSR count). The van der Waals surface area contributed by atoms with Gasteiger partial charge in [-0.25, -0.2) is 0 Å². The van der Waals surface area contributed by atoms with Crippen LogP contribution in [0, 0.1) is 11.8 Å². The summed E-state index contributed by atoms with van der Waals surface area (Å²) in [6.07, 6.45) is 11.1. The van der Waals surface area contributed by atoms with Crippen LogP contribution in [0.25, 0.3) is 0 Å². The van der Waals surface area contributed by atoms with E-state index in [1.54, 1.807) is 0 Å². The van der Waals surface area contributed by atoms with Gasteiger partial charge in [0.1, 0.15) is 5.76 Å². The van der Waals surface area contributed by atoms with Crippen LogP contribution in [0.2, 0.25) is 0 Å². The quantitative estimate of drug-likeness (QED) is 0.593. The Hall–Kier alpha value is -0.720. The third-order valence-electron chi connectivity index (χ3n) is 3.49. The molecule has 1 aliphatic carbocycles. The number of allylic oxidation sites excluding steroid dienone is 4. The Kier molecular flexibility index (Phi) is 5.11. The summed E-state index contributed by atoms with van der Waals surface area (Å²) < 4.78 is 5.68. The van der Waals surface area contributed by atoms with Crippen molar-refractivity contribution in [2.75, 3.05) is 6.61 Å². The van der Waals surface area contributed by atoms with Crippen LogP contribution in [0.3, 0.4) is 0 Å². The van der Waals surface area contributed by atoms with Crippen molar-refractivity contribution in [1.29, 1.82) is 0 Å². The zero-order valence-electron chi connectivity index (χ0n) is 11.2. The number of hydrogen-bond acceptors (Lipinski definition) is 1. The van der Waals surface area contributed by atoms with E-state index in [1.807, 2.05) is 0 Å². The Morgan fingerprint density at radius 3 is 2.50 bits per heavy atom. The Bertz CT molecular complexity index is 271. The van der Waals surface area contributed by atoms with E-state index in [0.717, 1.165) is 25.2 Å². The molecule has 0 atom stereocenters. The van der Waals surface area contributed by atoms with Gasteiger partial charge in [0.25, 0.3) is 0 Å².